The zero-order chi connectivity index (χ0) is 39.9. The minimum absolute atomic E-state index is 0.0376. The molecule has 0 spiro atoms. The van der Waals surface area contributed by atoms with Crippen LogP contribution in [0.3, 0.4) is 0 Å². The van der Waals surface area contributed by atoms with Crippen molar-refractivity contribution < 1.29 is 53.8 Å². The van der Waals surface area contributed by atoms with Gasteiger partial charge in [0.25, 0.3) is 0 Å². The Kier molecular flexibility index (Phi) is 23.7. The van der Waals surface area contributed by atoms with Gasteiger partial charge in [0.15, 0.2) is 0 Å². The van der Waals surface area contributed by atoms with E-state index in [9.17, 15) is 34.8 Å². The second-order valence-corrected chi connectivity index (χ2v) is 13.9. The van der Waals surface area contributed by atoms with Crippen LogP contribution in [0.1, 0.15) is 71.4 Å². The van der Waals surface area contributed by atoms with Crippen molar-refractivity contribution in [1.29, 1.82) is 0 Å². The van der Waals surface area contributed by atoms with Gasteiger partial charge < -0.3 is 39.4 Å². The molecule has 1 rings (SSSR count). The fourth-order valence-electron chi connectivity index (χ4n) is 5.23. The maximum absolute atomic E-state index is 11.9. The molecule has 0 aliphatic heterocycles. The molecule has 13 heteroatoms. The van der Waals surface area contributed by atoms with Gasteiger partial charge in [0, 0.05) is 62.6 Å². The summed E-state index contributed by atoms with van der Waals surface area (Å²) in [5.74, 6) is -1.41. The van der Waals surface area contributed by atoms with Gasteiger partial charge in [-0.25, -0.2) is 14.4 Å². The van der Waals surface area contributed by atoms with Crippen molar-refractivity contribution >= 4 is 17.9 Å². The summed E-state index contributed by atoms with van der Waals surface area (Å²) in [6, 6.07) is 7.56. The van der Waals surface area contributed by atoms with Crippen molar-refractivity contribution in [2.75, 3.05) is 59.2 Å². The van der Waals surface area contributed by atoms with Crippen LogP contribution in [0.5, 0.6) is 0 Å². The van der Waals surface area contributed by atoms with Gasteiger partial charge in [-0.1, -0.05) is 77.1 Å². The highest BCUT2D eigenvalue weighted by Crippen LogP contribution is 2.15. The van der Waals surface area contributed by atoms with Crippen LogP contribution in [0.2, 0.25) is 0 Å². The molecule has 5 atom stereocenters. The number of aliphatic hydroxyl groups is 4. The standard InChI is InChI=1S/C40H64N2O11/c1-9-11-12-31(10-2)23-50-24-34(43)19-41(20-35(44)25-51-38(47)28(3)4)17-32-13-15-33(16-14-32)18-42(21-36(45)26-52-39(48)29(5)6)22-37(46)27-53-40(49)30(7)8/h13-16,31,34-37,43-46H,3,5,7,9-12,17-27H2,1-2,4,6,8H3. The number of aliphatic hydroxyl groups excluding tert-OH is 4. The molecular weight excluding hydrogens is 684 g/mol. The van der Waals surface area contributed by atoms with Crippen LogP contribution in [0, 0.1) is 5.92 Å². The van der Waals surface area contributed by atoms with Gasteiger partial charge in [0.1, 0.15) is 38.1 Å². The van der Waals surface area contributed by atoms with Gasteiger partial charge in [-0.3, -0.25) is 9.80 Å². The molecule has 300 valence electrons. The van der Waals surface area contributed by atoms with Crippen LogP contribution in [-0.2, 0) is 46.4 Å². The minimum Gasteiger partial charge on any atom is -0.460 e. The summed E-state index contributed by atoms with van der Waals surface area (Å²) in [4.78, 5) is 39.2. The second-order valence-electron chi connectivity index (χ2n) is 13.9. The maximum Gasteiger partial charge on any atom is 0.333 e. The molecule has 53 heavy (non-hydrogen) atoms. The van der Waals surface area contributed by atoms with Crippen LogP contribution in [-0.4, -0.2) is 132 Å². The monoisotopic (exact) mass is 748 g/mol. The molecule has 4 N–H and O–H groups in total. The number of hydrogen-bond acceptors (Lipinski definition) is 13. The van der Waals surface area contributed by atoms with E-state index >= 15 is 0 Å². The van der Waals surface area contributed by atoms with Crippen molar-refractivity contribution in [2.45, 2.75) is 97.8 Å². The van der Waals surface area contributed by atoms with E-state index in [-0.39, 0.29) is 69.3 Å². The lowest BCUT2D eigenvalue weighted by Crippen LogP contribution is -2.41. The number of benzene rings is 1. The molecule has 0 bridgehead atoms. The van der Waals surface area contributed by atoms with Crippen LogP contribution < -0.4 is 0 Å². The van der Waals surface area contributed by atoms with E-state index in [1.165, 1.54) is 20.8 Å². The van der Waals surface area contributed by atoms with E-state index in [1.54, 1.807) is 4.90 Å². The molecule has 5 unspecified atom stereocenters. The molecule has 0 amide bonds. The zero-order valence-corrected chi connectivity index (χ0v) is 32.5. The average Bonchev–Trinajstić information content (AvgIpc) is 3.10. The Hall–Kier alpha value is -3.43. The molecule has 0 fully saturated rings. The van der Waals surface area contributed by atoms with Crippen molar-refractivity contribution in [1.82, 2.24) is 9.80 Å². The predicted molar refractivity (Wildman–Crippen MR) is 202 cm³/mol. The Morgan fingerprint density at radius 1 is 0.604 bits per heavy atom. The molecule has 0 aliphatic carbocycles. The SMILES string of the molecule is C=C(C)C(=O)OCC(O)CN(Cc1ccc(CN(CC(O)COC(=O)C(=C)C)CC(O)COC(=O)C(=C)C)cc1)CC(O)COCC(CC)CCCC. The largest absolute Gasteiger partial charge is 0.460 e. The number of ether oxygens (including phenoxy) is 4. The Morgan fingerprint density at radius 3 is 1.25 bits per heavy atom. The highest BCUT2D eigenvalue weighted by atomic mass is 16.6. The smallest absolute Gasteiger partial charge is 0.333 e. The summed E-state index contributed by atoms with van der Waals surface area (Å²) >= 11 is 0. The first-order chi connectivity index (χ1) is 25.0. The lowest BCUT2D eigenvalue weighted by atomic mass is 10.0. The van der Waals surface area contributed by atoms with Gasteiger partial charge in [0.2, 0.25) is 0 Å². The molecule has 0 saturated carbocycles. The topological polar surface area (TPSA) is 176 Å². The molecule has 0 heterocycles. The first-order valence-electron chi connectivity index (χ1n) is 18.3. The molecule has 1 aromatic carbocycles. The average molecular weight is 749 g/mol. The van der Waals surface area contributed by atoms with Crippen molar-refractivity contribution in [3.63, 3.8) is 0 Å². The number of nitrogens with zero attached hydrogens (tertiary/aromatic N) is 2. The van der Waals surface area contributed by atoms with E-state index in [1.807, 2.05) is 29.2 Å². The van der Waals surface area contributed by atoms with Crippen molar-refractivity contribution in [2.24, 2.45) is 5.92 Å². The Morgan fingerprint density at radius 2 is 0.943 bits per heavy atom. The second kappa shape index (κ2) is 26.4. The summed E-state index contributed by atoms with van der Waals surface area (Å²) in [6.45, 7) is 20.5. The zero-order valence-electron chi connectivity index (χ0n) is 32.5. The third-order valence-corrected chi connectivity index (χ3v) is 8.18. The Labute approximate surface area is 315 Å². The van der Waals surface area contributed by atoms with E-state index < -0.39 is 42.3 Å². The molecule has 13 nitrogen and oxygen atoms in total. The normalized spacial score (nSPS) is 14.2. The van der Waals surface area contributed by atoms with Gasteiger partial charge >= 0.3 is 17.9 Å². The molecule has 0 radical (unpaired) electrons. The molecule has 0 saturated heterocycles. The first-order valence-corrected chi connectivity index (χ1v) is 18.3. The maximum atomic E-state index is 11.9. The molecule has 0 aliphatic rings. The highest BCUT2D eigenvalue weighted by molar-refractivity contribution is 5.87. The molecule has 0 aromatic heterocycles. The van der Waals surface area contributed by atoms with Gasteiger partial charge in [-0.15, -0.1) is 0 Å². The number of rotatable bonds is 29. The summed E-state index contributed by atoms with van der Waals surface area (Å²) in [7, 11) is 0. The van der Waals surface area contributed by atoms with E-state index in [0.29, 0.717) is 25.6 Å². The van der Waals surface area contributed by atoms with Crippen LogP contribution in [0.4, 0.5) is 0 Å². The number of carbonyl (C=O) groups is 3. The number of hydrogen-bond donors (Lipinski definition) is 4. The summed E-state index contributed by atoms with van der Waals surface area (Å²) in [6.07, 6.45) is 0.351. The van der Waals surface area contributed by atoms with Gasteiger partial charge in [-0.05, 0) is 44.2 Å². The fraction of sp³-hybridized carbons (Fsp3) is 0.625. The number of unbranched alkanes of at least 4 members (excludes halogenated alkanes) is 1. The quantitative estimate of drug-likeness (QED) is 0.0534. The molecule has 1 aromatic rings. The first kappa shape index (κ1) is 47.6. The summed E-state index contributed by atoms with van der Waals surface area (Å²) in [5, 5.41) is 42.9. The lowest BCUT2D eigenvalue weighted by Gasteiger charge is -2.28. The van der Waals surface area contributed by atoms with Crippen LogP contribution in [0.15, 0.2) is 60.7 Å². The van der Waals surface area contributed by atoms with Gasteiger partial charge in [0.05, 0.1) is 12.7 Å². The minimum atomic E-state index is -1.07. The lowest BCUT2D eigenvalue weighted by molar-refractivity contribution is -0.143. The fourth-order valence-corrected chi connectivity index (χ4v) is 5.23. The van der Waals surface area contributed by atoms with E-state index in [0.717, 1.165) is 36.8 Å². The third-order valence-electron chi connectivity index (χ3n) is 8.18. The summed E-state index contributed by atoms with van der Waals surface area (Å²) in [5.41, 5.74) is 2.35. The number of esters is 3. The summed E-state index contributed by atoms with van der Waals surface area (Å²) < 4.78 is 21.2. The Balaban J connectivity index is 3.03. The number of carbonyl (C=O) groups excluding carboxylic acids is 3. The van der Waals surface area contributed by atoms with Crippen molar-refractivity contribution in [3.05, 3.63) is 71.8 Å². The van der Waals surface area contributed by atoms with Gasteiger partial charge in [-0.2, -0.15) is 0 Å². The van der Waals surface area contributed by atoms with E-state index in [2.05, 4.69) is 33.6 Å². The third kappa shape index (κ3) is 21.8. The highest BCUT2D eigenvalue weighted by Gasteiger charge is 2.21. The predicted octanol–water partition coefficient (Wildman–Crippen LogP) is 3.33. The van der Waals surface area contributed by atoms with Crippen LogP contribution >= 0.6 is 0 Å². The van der Waals surface area contributed by atoms with Crippen LogP contribution in [0.25, 0.3) is 0 Å². The van der Waals surface area contributed by atoms with Crippen molar-refractivity contribution in [3.8, 4) is 0 Å². The molecular formula is C40H64N2O11. The Bertz CT molecular complexity index is 1250. The van der Waals surface area contributed by atoms with E-state index in [4.69, 9.17) is 18.9 Å².